The normalized spacial score (nSPS) is 12.5. The van der Waals surface area contributed by atoms with Gasteiger partial charge in [0.1, 0.15) is 5.75 Å². The van der Waals surface area contributed by atoms with Crippen molar-refractivity contribution in [1.29, 1.82) is 0 Å². The van der Waals surface area contributed by atoms with Crippen molar-refractivity contribution in [2.75, 3.05) is 7.11 Å². The molecule has 0 aliphatic rings. The molecule has 0 amide bonds. The molecule has 1 aromatic carbocycles. The lowest BCUT2D eigenvalue weighted by atomic mass is 9.99. The molecule has 1 atom stereocenters. The quantitative estimate of drug-likeness (QED) is 0.902. The largest absolute Gasteiger partial charge is 0.496 e. The Morgan fingerprint density at radius 2 is 2.00 bits per heavy atom. The molecular formula is C14H17NOS. The minimum absolute atomic E-state index is 0.116. The number of nitrogens with two attached hydrogens (primary N) is 1. The molecule has 2 nitrogen and oxygen atoms in total. The monoisotopic (exact) mass is 247 g/mol. The van der Waals surface area contributed by atoms with Gasteiger partial charge in [0.2, 0.25) is 0 Å². The summed E-state index contributed by atoms with van der Waals surface area (Å²) in [4.78, 5) is 1.28. The third kappa shape index (κ3) is 2.51. The van der Waals surface area contributed by atoms with Crippen molar-refractivity contribution in [3.8, 4) is 5.75 Å². The van der Waals surface area contributed by atoms with Gasteiger partial charge in [0, 0.05) is 10.4 Å². The average molecular weight is 247 g/mol. The van der Waals surface area contributed by atoms with E-state index in [1.165, 1.54) is 10.4 Å². The van der Waals surface area contributed by atoms with Crippen molar-refractivity contribution >= 4 is 11.3 Å². The predicted octanol–water partition coefficient (Wildman–Crippen LogP) is 3.42. The van der Waals surface area contributed by atoms with E-state index in [-0.39, 0.29) is 6.04 Å². The van der Waals surface area contributed by atoms with Crippen molar-refractivity contribution < 1.29 is 4.74 Å². The first-order valence-corrected chi connectivity index (χ1v) is 6.45. The Morgan fingerprint density at radius 3 is 2.59 bits per heavy atom. The van der Waals surface area contributed by atoms with E-state index in [1.807, 2.05) is 12.1 Å². The maximum absolute atomic E-state index is 6.30. The Balaban J connectivity index is 2.42. The molecule has 0 fully saturated rings. The number of ether oxygens (including phenoxy) is 1. The molecule has 0 bridgehead atoms. The van der Waals surface area contributed by atoms with Crippen LogP contribution in [-0.2, 0) is 0 Å². The van der Waals surface area contributed by atoms with Crippen molar-refractivity contribution in [2.45, 2.75) is 19.9 Å². The van der Waals surface area contributed by atoms with Gasteiger partial charge < -0.3 is 10.5 Å². The van der Waals surface area contributed by atoms with Gasteiger partial charge in [-0.3, -0.25) is 0 Å². The first-order chi connectivity index (χ1) is 8.11. The summed E-state index contributed by atoms with van der Waals surface area (Å²) >= 11 is 1.72. The van der Waals surface area contributed by atoms with Crippen LogP contribution < -0.4 is 10.5 Å². The molecule has 1 aromatic heterocycles. The van der Waals surface area contributed by atoms with Crippen LogP contribution in [0.3, 0.4) is 0 Å². The number of methoxy groups -OCH3 is 1. The third-order valence-electron chi connectivity index (χ3n) is 2.83. The molecule has 0 saturated heterocycles. The van der Waals surface area contributed by atoms with E-state index in [4.69, 9.17) is 10.5 Å². The highest BCUT2D eigenvalue weighted by Crippen LogP contribution is 2.31. The van der Waals surface area contributed by atoms with E-state index in [0.717, 1.165) is 16.9 Å². The Kier molecular flexibility index (Phi) is 3.50. The molecule has 3 heteroatoms. The highest BCUT2D eigenvalue weighted by Gasteiger charge is 2.15. The summed E-state index contributed by atoms with van der Waals surface area (Å²) in [7, 11) is 1.68. The smallest absolute Gasteiger partial charge is 0.123 e. The molecule has 0 aliphatic carbocycles. The van der Waals surface area contributed by atoms with Gasteiger partial charge in [0.25, 0.3) is 0 Å². The summed E-state index contributed by atoms with van der Waals surface area (Å²) in [5, 5.41) is 2.11. The Labute approximate surface area is 106 Å². The van der Waals surface area contributed by atoms with E-state index in [0.29, 0.717) is 0 Å². The topological polar surface area (TPSA) is 35.2 Å². The Morgan fingerprint density at radius 1 is 1.24 bits per heavy atom. The zero-order valence-corrected chi connectivity index (χ0v) is 11.2. The summed E-state index contributed by atoms with van der Waals surface area (Å²) in [6.45, 7) is 4.16. The van der Waals surface area contributed by atoms with Gasteiger partial charge in [-0.05, 0) is 36.9 Å². The van der Waals surface area contributed by atoms with Crippen molar-refractivity contribution in [3.05, 3.63) is 51.2 Å². The SMILES string of the molecule is COc1ccc(C)cc1C(N)c1csc(C)c1. The molecule has 2 N–H and O–H groups in total. The second-order valence-corrected chi connectivity index (χ2v) is 5.33. The predicted molar refractivity (Wildman–Crippen MR) is 72.8 cm³/mol. The lowest BCUT2D eigenvalue weighted by Crippen LogP contribution is -2.12. The Hall–Kier alpha value is -1.32. The van der Waals surface area contributed by atoms with Crippen LogP contribution in [0, 0.1) is 13.8 Å². The lowest BCUT2D eigenvalue weighted by Gasteiger charge is -2.15. The number of rotatable bonds is 3. The van der Waals surface area contributed by atoms with E-state index >= 15 is 0 Å². The summed E-state index contributed by atoms with van der Waals surface area (Å²) in [6, 6.07) is 8.13. The molecule has 0 radical (unpaired) electrons. The summed E-state index contributed by atoms with van der Waals surface area (Å²) < 4.78 is 5.37. The molecule has 1 unspecified atom stereocenters. The van der Waals surface area contributed by atoms with Gasteiger partial charge in [0.15, 0.2) is 0 Å². The fourth-order valence-corrected chi connectivity index (χ4v) is 2.64. The van der Waals surface area contributed by atoms with E-state index in [1.54, 1.807) is 18.4 Å². The first-order valence-electron chi connectivity index (χ1n) is 5.57. The van der Waals surface area contributed by atoms with Crippen LogP contribution in [0.2, 0.25) is 0 Å². The van der Waals surface area contributed by atoms with Crippen LogP contribution in [0.15, 0.2) is 29.6 Å². The van der Waals surface area contributed by atoms with Crippen LogP contribution in [0.25, 0.3) is 0 Å². The highest BCUT2D eigenvalue weighted by molar-refractivity contribution is 7.10. The van der Waals surface area contributed by atoms with E-state index in [2.05, 4.69) is 31.4 Å². The third-order valence-corrected chi connectivity index (χ3v) is 3.71. The fraction of sp³-hybridized carbons (Fsp3) is 0.286. The zero-order chi connectivity index (χ0) is 12.4. The molecule has 90 valence electrons. The van der Waals surface area contributed by atoms with Gasteiger partial charge in [-0.2, -0.15) is 0 Å². The minimum atomic E-state index is -0.116. The summed E-state index contributed by atoms with van der Waals surface area (Å²) in [5.74, 6) is 0.854. The van der Waals surface area contributed by atoms with Crippen LogP contribution in [0.4, 0.5) is 0 Å². The van der Waals surface area contributed by atoms with Gasteiger partial charge in [0.05, 0.1) is 13.2 Å². The van der Waals surface area contributed by atoms with Crippen molar-refractivity contribution in [2.24, 2.45) is 5.73 Å². The second kappa shape index (κ2) is 4.90. The highest BCUT2D eigenvalue weighted by atomic mass is 32.1. The maximum atomic E-state index is 6.30. The maximum Gasteiger partial charge on any atom is 0.123 e. The standard InChI is InChI=1S/C14H17NOS/c1-9-4-5-13(16-3)12(6-9)14(15)11-7-10(2)17-8-11/h4-8,14H,15H2,1-3H3. The van der Waals surface area contributed by atoms with E-state index < -0.39 is 0 Å². The van der Waals surface area contributed by atoms with Crippen LogP contribution in [0.1, 0.15) is 27.6 Å². The number of hydrogen-bond donors (Lipinski definition) is 1. The summed E-state index contributed by atoms with van der Waals surface area (Å²) in [5.41, 5.74) is 9.70. The molecule has 2 aromatic rings. The zero-order valence-electron chi connectivity index (χ0n) is 10.4. The molecule has 17 heavy (non-hydrogen) atoms. The molecule has 0 spiro atoms. The van der Waals surface area contributed by atoms with Crippen LogP contribution >= 0.6 is 11.3 Å². The first kappa shape index (κ1) is 12.1. The van der Waals surface area contributed by atoms with Crippen LogP contribution in [0.5, 0.6) is 5.75 Å². The van der Waals surface area contributed by atoms with Gasteiger partial charge in [-0.1, -0.05) is 17.7 Å². The number of benzene rings is 1. The second-order valence-electron chi connectivity index (χ2n) is 4.21. The lowest BCUT2D eigenvalue weighted by molar-refractivity contribution is 0.407. The molecule has 2 rings (SSSR count). The number of hydrogen-bond acceptors (Lipinski definition) is 3. The summed E-state index contributed by atoms with van der Waals surface area (Å²) in [6.07, 6.45) is 0. The Bertz CT molecular complexity index is 519. The van der Waals surface area contributed by atoms with Crippen LogP contribution in [-0.4, -0.2) is 7.11 Å². The van der Waals surface area contributed by atoms with Gasteiger partial charge in [-0.15, -0.1) is 11.3 Å². The minimum Gasteiger partial charge on any atom is -0.496 e. The van der Waals surface area contributed by atoms with E-state index in [9.17, 15) is 0 Å². The van der Waals surface area contributed by atoms with Crippen molar-refractivity contribution in [1.82, 2.24) is 0 Å². The van der Waals surface area contributed by atoms with Gasteiger partial charge in [-0.25, -0.2) is 0 Å². The van der Waals surface area contributed by atoms with Crippen molar-refractivity contribution in [3.63, 3.8) is 0 Å². The molecule has 0 saturated carbocycles. The number of thiophene rings is 1. The number of aryl methyl sites for hydroxylation is 2. The fourth-order valence-electron chi connectivity index (χ4n) is 1.90. The molecule has 1 heterocycles. The molecular weight excluding hydrogens is 230 g/mol. The van der Waals surface area contributed by atoms with Gasteiger partial charge >= 0.3 is 0 Å². The average Bonchev–Trinajstić information content (AvgIpc) is 2.75. The molecule has 0 aliphatic heterocycles.